The Morgan fingerprint density at radius 1 is 1.04 bits per heavy atom. The molecule has 132 valence electrons. The molecule has 2 aliphatic heterocycles. The second-order valence-corrected chi connectivity index (χ2v) is 6.36. The van der Waals surface area contributed by atoms with Gasteiger partial charge in [0.25, 0.3) is 0 Å². The molecule has 25 heavy (non-hydrogen) atoms. The van der Waals surface area contributed by atoms with Gasteiger partial charge in [-0.1, -0.05) is 30.3 Å². The third-order valence-corrected chi connectivity index (χ3v) is 4.89. The van der Waals surface area contributed by atoms with Gasteiger partial charge in [0.1, 0.15) is 11.9 Å². The largest absolute Gasteiger partial charge is 0.507 e. The molecule has 3 N–H and O–H groups in total. The van der Waals surface area contributed by atoms with E-state index in [1.807, 2.05) is 30.3 Å². The van der Waals surface area contributed by atoms with Crippen molar-refractivity contribution in [2.24, 2.45) is 0 Å². The average molecular weight is 344 g/mol. The standard InChI is InChI=1S/C19H20O6/c1-9-13-15(18-11(24-9)8-12(20)25-18)17(22)19(23-2)14(16(13)21)10-6-4-3-5-7-10/h3-7,9,11-12,18,20-22H,8H2,1-2H3/t9-,11-,12?,18+/m0/s1. The molecule has 0 aliphatic carbocycles. The summed E-state index contributed by atoms with van der Waals surface area (Å²) in [6, 6.07) is 9.22. The fourth-order valence-electron chi connectivity index (χ4n) is 3.85. The molecule has 1 fully saturated rings. The number of phenolic OH excluding ortho intramolecular Hbond substituents is 2. The van der Waals surface area contributed by atoms with Crippen LogP contribution < -0.4 is 4.74 Å². The van der Waals surface area contributed by atoms with Gasteiger partial charge in [-0.25, -0.2) is 0 Å². The van der Waals surface area contributed by atoms with Gasteiger partial charge in [0, 0.05) is 17.5 Å². The van der Waals surface area contributed by atoms with Crippen LogP contribution in [0.2, 0.25) is 0 Å². The zero-order valence-corrected chi connectivity index (χ0v) is 14.0. The smallest absolute Gasteiger partial charge is 0.172 e. The highest BCUT2D eigenvalue weighted by molar-refractivity contribution is 5.83. The summed E-state index contributed by atoms with van der Waals surface area (Å²) >= 11 is 0. The highest BCUT2D eigenvalue weighted by atomic mass is 16.6. The summed E-state index contributed by atoms with van der Waals surface area (Å²) < 4.78 is 16.9. The van der Waals surface area contributed by atoms with Gasteiger partial charge in [-0.2, -0.15) is 0 Å². The lowest BCUT2D eigenvalue weighted by Crippen LogP contribution is -2.27. The van der Waals surface area contributed by atoms with Crippen LogP contribution in [0.5, 0.6) is 17.2 Å². The van der Waals surface area contributed by atoms with Crippen LogP contribution in [-0.4, -0.2) is 34.8 Å². The number of methoxy groups -OCH3 is 1. The molecule has 6 nitrogen and oxygen atoms in total. The predicted octanol–water partition coefficient (Wildman–Crippen LogP) is 3.01. The molecule has 0 spiro atoms. The molecule has 4 atom stereocenters. The van der Waals surface area contributed by atoms with Crippen LogP contribution in [0.3, 0.4) is 0 Å². The topological polar surface area (TPSA) is 88.4 Å². The van der Waals surface area contributed by atoms with E-state index < -0.39 is 18.5 Å². The van der Waals surface area contributed by atoms with Gasteiger partial charge in [-0.05, 0) is 12.5 Å². The minimum absolute atomic E-state index is 0.00760. The molecule has 2 aromatic rings. The van der Waals surface area contributed by atoms with Gasteiger partial charge in [-0.3, -0.25) is 0 Å². The van der Waals surface area contributed by atoms with E-state index in [9.17, 15) is 15.3 Å². The molecule has 0 amide bonds. The third kappa shape index (κ3) is 2.37. The number of hydrogen-bond acceptors (Lipinski definition) is 6. The first kappa shape index (κ1) is 16.2. The molecule has 0 bridgehead atoms. The van der Waals surface area contributed by atoms with Crippen LogP contribution in [-0.2, 0) is 9.47 Å². The van der Waals surface area contributed by atoms with Crippen molar-refractivity contribution >= 4 is 0 Å². The third-order valence-electron chi connectivity index (χ3n) is 4.89. The summed E-state index contributed by atoms with van der Waals surface area (Å²) in [7, 11) is 1.44. The molecule has 1 unspecified atom stereocenters. The van der Waals surface area contributed by atoms with E-state index in [0.717, 1.165) is 5.56 Å². The molecule has 0 saturated carbocycles. The van der Waals surface area contributed by atoms with Crippen molar-refractivity contribution in [1.29, 1.82) is 0 Å². The maximum atomic E-state index is 11.0. The molecule has 0 aromatic heterocycles. The van der Waals surface area contributed by atoms with Gasteiger partial charge in [0.05, 0.1) is 24.9 Å². The number of hydrogen-bond donors (Lipinski definition) is 3. The summed E-state index contributed by atoms with van der Waals surface area (Å²) in [4.78, 5) is 0. The van der Waals surface area contributed by atoms with Crippen molar-refractivity contribution in [3.05, 3.63) is 41.5 Å². The fourth-order valence-corrected chi connectivity index (χ4v) is 3.85. The van der Waals surface area contributed by atoms with E-state index in [-0.39, 0.29) is 23.4 Å². The number of fused-ring (bicyclic) bond motifs is 3. The van der Waals surface area contributed by atoms with E-state index in [0.29, 0.717) is 23.1 Å². The van der Waals surface area contributed by atoms with Gasteiger partial charge >= 0.3 is 0 Å². The van der Waals surface area contributed by atoms with Crippen LogP contribution in [0.4, 0.5) is 0 Å². The van der Waals surface area contributed by atoms with E-state index in [1.54, 1.807) is 6.92 Å². The summed E-state index contributed by atoms with van der Waals surface area (Å²) in [5, 5.41) is 31.7. The van der Waals surface area contributed by atoms with Crippen molar-refractivity contribution in [3.8, 4) is 28.4 Å². The Labute approximate surface area is 145 Å². The van der Waals surface area contributed by atoms with Gasteiger partial charge in [-0.15, -0.1) is 0 Å². The van der Waals surface area contributed by atoms with Gasteiger partial charge in [0.15, 0.2) is 17.8 Å². The Kier molecular flexibility index (Phi) is 3.83. The molecule has 6 heteroatoms. The normalized spacial score (nSPS) is 27.6. The van der Waals surface area contributed by atoms with Gasteiger partial charge in [0.2, 0.25) is 0 Å². The number of rotatable bonds is 2. The van der Waals surface area contributed by atoms with Crippen LogP contribution in [0, 0.1) is 0 Å². The highest BCUT2D eigenvalue weighted by Crippen LogP contribution is 2.57. The van der Waals surface area contributed by atoms with Crippen LogP contribution in [0.15, 0.2) is 30.3 Å². The first-order valence-corrected chi connectivity index (χ1v) is 8.23. The zero-order chi connectivity index (χ0) is 17.7. The van der Waals surface area contributed by atoms with Gasteiger partial charge < -0.3 is 29.5 Å². The first-order chi connectivity index (χ1) is 12.0. The van der Waals surface area contributed by atoms with Crippen LogP contribution in [0.25, 0.3) is 11.1 Å². The Hall–Kier alpha value is -2.28. The Morgan fingerprint density at radius 2 is 1.76 bits per heavy atom. The lowest BCUT2D eigenvalue weighted by atomic mass is 9.86. The lowest BCUT2D eigenvalue weighted by molar-refractivity contribution is -0.114. The van der Waals surface area contributed by atoms with Crippen LogP contribution >= 0.6 is 0 Å². The number of aliphatic hydroxyl groups excluding tert-OH is 1. The SMILES string of the molecule is COc1c(O)c2c(c(O)c1-c1ccccc1)[C@H](C)O[C@H]1CC(O)O[C@@H]21. The quantitative estimate of drug-likeness (QED) is 0.726. The Morgan fingerprint density at radius 3 is 2.44 bits per heavy atom. The molecule has 4 rings (SSSR count). The number of aromatic hydroxyl groups is 2. The minimum Gasteiger partial charge on any atom is -0.507 e. The van der Waals surface area contributed by atoms with Crippen molar-refractivity contribution in [2.75, 3.05) is 7.11 Å². The Balaban J connectivity index is 2.00. The highest BCUT2D eigenvalue weighted by Gasteiger charge is 2.46. The van der Waals surface area contributed by atoms with Crippen molar-refractivity contribution in [1.82, 2.24) is 0 Å². The minimum atomic E-state index is -0.963. The second-order valence-electron chi connectivity index (χ2n) is 6.36. The number of aliphatic hydroxyl groups is 1. The summed E-state index contributed by atoms with van der Waals surface area (Å²) in [6.07, 6.45) is -2.13. The summed E-state index contributed by atoms with van der Waals surface area (Å²) in [5.41, 5.74) is 2.02. The molecule has 2 aromatic carbocycles. The Bertz CT molecular complexity index is 804. The monoisotopic (exact) mass is 344 g/mol. The first-order valence-electron chi connectivity index (χ1n) is 8.23. The van der Waals surface area contributed by atoms with E-state index in [1.165, 1.54) is 7.11 Å². The van der Waals surface area contributed by atoms with Crippen molar-refractivity contribution < 1.29 is 29.5 Å². The average Bonchev–Trinajstić information content (AvgIpc) is 2.97. The van der Waals surface area contributed by atoms with E-state index >= 15 is 0 Å². The number of ether oxygens (including phenoxy) is 3. The molecule has 2 aliphatic rings. The molecular weight excluding hydrogens is 324 g/mol. The molecule has 1 saturated heterocycles. The molecule has 2 heterocycles. The van der Waals surface area contributed by atoms with E-state index in [4.69, 9.17) is 14.2 Å². The maximum Gasteiger partial charge on any atom is 0.172 e. The van der Waals surface area contributed by atoms with Crippen molar-refractivity contribution in [3.63, 3.8) is 0 Å². The molecule has 0 radical (unpaired) electrons. The fraction of sp³-hybridized carbons (Fsp3) is 0.368. The van der Waals surface area contributed by atoms with Crippen molar-refractivity contribution in [2.45, 2.75) is 37.9 Å². The number of phenols is 2. The molecular formula is C19H20O6. The number of benzene rings is 2. The predicted molar refractivity (Wildman–Crippen MR) is 89.5 cm³/mol. The zero-order valence-electron chi connectivity index (χ0n) is 14.0. The van der Waals surface area contributed by atoms with E-state index in [2.05, 4.69) is 0 Å². The summed E-state index contributed by atoms with van der Waals surface area (Å²) in [6.45, 7) is 1.81. The lowest BCUT2D eigenvalue weighted by Gasteiger charge is -2.34. The second kappa shape index (κ2) is 5.91. The van der Waals surface area contributed by atoms with Crippen LogP contribution in [0.1, 0.15) is 36.7 Å². The maximum absolute atomic E-state index is 11.0. The summed E-state index contributed by atoms with van der Waals surface area (Å²) in [5.74, 6) is 0.0838.